The maximum Gasteiger partial charge on any atom is 0.498 e. The highest BCUT2D eigenvalue weighted by Crippen LogP contribution is 2.38. The van der Waals surface area contributed by atoms with E-state index in [4.69, 9.17) is 25.6 Å². The van der Waals surface area contributed by atoms with Gasteiger partial charge in [-0.25, -0.2) is 8.78 Å². The Kier molecular flexibility index (Phi) is 4.26. The highest BCUT2D eigenvalue weighted by molar-refractivity contribution is 6.63. The van der Waals surface area contributed by atoms with Crippen LogP contribution in [0.4, 0.5) is 8.78 Å². The predicted octanol–water partition coefficient (Wildman–Crippen LogP) is 3.59. The molecule has 1 aliphatic rings. The number of ether oxygens (including phenoxy) is 1. The van der Waals surface area contributed by atoms with E-state index in [1.54, 1.807) is 0 Å². The van der Waals surface area contributed by atoms with E-state index in [2.05, 4.69) is 0 Å². The fourth-order valence-electron chi connectivity index (χ4n) is 2.08. The average molecular weight is 319 g/mol. The van der Waals surface area contributed by atoms with Crippen molar-refractivity contribution < 1.29 is 22.8 Å². The molecule has 1 saturated heterocycles. The number of hydrogen-bond donors (Lipinski definition) is 0. The van der Waals surface area contributed by atoms with Crippen LogP contribution >= 0.6 is 11.6 Å². The van der Waals surface area contributed by atoms with Gasteiger partial charge in [-0.2, -0.15) is 0 Å². The molecule has 0 radical (unpaired) electrons. The summed E-state index contributed by atoms with van der Waals surface area (Å²) >= 11 is 5.93. The molecule has 1 aromatic carbocycles. The first-order valence-corrected chi connectivity index (χ1v) is 6.98. The first-order valence-electron chi connectivity index (χ1n) is 6.60. The van der Waals surface area contributed by atoms with Crippen molar-refractivity contribution in [1.29, 1.82) is 0 Å². The van der Waals surface area contributed by atoms with Gasteiger partial charge in [0.25, 0.3) is 6.43 Å². The molecule has 0 atom stereocenters. The molecule has 1 fully saturated rings. The minimum absolute atomic E-state index is 0.0319. The number of alkyl halides is 2. The summed E-state index contributed by atoms with van der Waals surface area (Å²) in [5, 5.41) is -0.0319. The minimum Gasteiger partial charge on any atom is -0.497 e. The van der Waals surface area contributed by atoms with Crippen molar-refractivity contribution in [2.75, 3.05) is 7.11 Å². The minimum atomic E-state index is -2.67. The van der Waals surface area contributed by atoms with E-state index in [9.17, 15) is 8.78 Å². The second kappa shape index (κ2) is 5.41. The molecule has 21 heavy (non-hydrogen) atoms. The molecule has 1 aromatic rings. The van der Waals surface area contributed by atoms with Crippen LogP contribution in [0.5, 0.6) is 5.75 Å². The van der Waals surface area contributed by atoms with Crippen LogP contribution in [0.1, 0.15) is 39.7 Å². The van der Waals surface area contributed by atoms with E-state index in [0.717, 1.165) is 0 Å². The van der Waals surface area contributed by atoms with Gasteiger partial charge < -0.3 is 14.0 Å². The van der Waals surface area contributed by atoms with E-state index in [-0.39, 0.29) is 16.3 Å². The van der Waals surface area contributed by atoms with Gasteiger partial charge >= 0.3 is 7.12 Å². The van der Waals surface area contributed by atoms with Crippen LogP contribution in [0.3, 0.4) is 0 Å². The zero-order valence-corrected chi connectivity index (χ0v) is 13.4. The zero-order valence-electron chi connectivity index (χ0n) is 12.7. The Morgan fingerprint density at radius 1 is 1.14 bits per heavy atom. The average Bonchev–Trinajstić information content (AvgIpc) is 2.57. The maximum atomic E-state index is 12.9. The summed E-state index contributed by atoms with van der Waals surface area (Å²) in [5.74, 6) is 0.271. The van der Waals surface area contributed by atoms with Crippen molar-refractivity contribution in [3.8, 4) is 5.75 Å². The molecule has 0 saturated carbocycles. The van der Waals surface area contributed by atoms with Crippen LogP contribution in [-0.2, 0) is 9.31 Å². The second-order valence-corrected chi connectivity index (χ2v) is 6.41. The molecule has 0 aromatic heterocycles. The number of hydrogen-bond acceptors (Lipinski definition) is 3. The van der Waals surface area contributed by atoms with Crippen molar-refractivity contribution in [2.24, 2.45) is 0 Å². The van der Waals surface area contributed by atoms with Crippen LogP contribution < -0.4 is 10.2 Å². The van der Waals surface area contributed by atoms with Crippen molar-refractivity contribution in [3.63, 3.8) is 0 Å². The summed E-state index contributed by atoms with van der Waals surface area (Å²) in [6.45, 7) is 7.65. The Morgan fingerprint density at radius 3 is 2.10 bits per heavy atom. The van der Waals surface area contributed by atoms with Crippen molar-refractivity contribution in [3.05, 3.63) is 22.7 Å². The van der Waals surface area contributed by atoms with Gasteiger partial charge in [-0.05, 0) is 39.8 Å². The first kappa shape index (κ1) is 16.5. The fraction of sp³-hybridized carbons (Fsp3) is 0.571. The standard InChI is InChI=1S/C14H18BClF2O3/c1-13(2)14(3,4)21-15(20-13)9-7-10(16)8(12(17)18)6-11(9)19-5/h6-7,12H,1-5H3. The van der Waals surface area contributed by atoms with Crippen LogP contribution in [-0.4, -0.2) is 25.4 Å². The summed E-state index contributed by atoms with van der Waals surface area (Å²) in [6, 6.07) is 2.65. The summed E-state index contributed by atoms with van der Waals surface area (Å²) in [7, 11) is 0.696. The van der Waals surface area contributed by atoms with E-state index in [1.807, 2.05) is 27.7 Å². The molecule has 3 nitrogen and oxygen atoms in total. The lowest BCUT2D eigenvalue weighted by Gasteiger charge is -2.32. The number of benzene rings is 1. The van der Waals surface area contributed by atoms with Gasteiger partial charge in [-0.3, -0.25) is 0 Å². The summed E-state index contributed by atoms with van der Waals surface area (Å²) in [6.07, 6.45) is -2.67. The Labute approximate surface area is 128 Å². The fourth-order valence-corrected chi connectivity index (χ4v) is 2.34. The Balaban J connectivity index is 2.44. The first-order chi connectivity index (χ1) is 9.59. The summed E-state index contributed by atoms with van der Waals surface area (Å²) in [5.41, 5.74) is -0.827. The Hall–Kier alpha value is -0.845. The lowest BCUT2D eigenvalue weighted by atomic mass is 9.78. The second-order valence-electron chi connectivity index (χ2n) is 6.00. The van der Waals surface area contributed by atoms with Gasteiger partial charge in [0.15, 0.2) is 0 Å². The number of halogens is 3. The van der Waals surface area contributed by atoms with Gasteiger partial charge in [-0.15, -0.1) is 0 Å². The topological polar surface area (TPSA) is 27.7 Å². The molecule has 2 rings (SSSR count). The molecular weight excluding hydrogens is 300 g/mol. The molecule has 0 bridgehead atoms. The van der Waals surface area contributed by atoms with E-state index < -0.39 is 24.7 Å². The molecule has 0 N–H and O–H groups in total. The third kappa shape index (κ3) is 2.89. The van der Waals surface area contributed by atoms with E-state index in [1.165, 1.54) is 19.2 Å². The molecule has 0 amide bonds. The Morgan fingerprint density at radius 2 is 1.67 bits per heavy atom. The Bertz CT molecular complexity index is 533. The predicted molar refractivity (Wildman–Crippen MR) is 78.7 cm³/mol. The molecule has 7 heteroatoms. The molecule has 1 aliphatic heterocycles. The van der Waals surface area contributed by atoms with Crippen molar-refractivity contribution >= 4 is 24.2 Å². The highest BCUT2D eigenvalue weighted by Gasteiger charge is 2.52. The largest absolute Gasteiger partial charge is 0.498 e. The number of methoxy groups -OCH3 is 1. The lowest BCUT2D eigenvalue weighted by Crippen LogP contribution is -2.41. The van der Waals surface area contributed by atoms with Crippen LogP contribution in [0.2, 0.25) is 5.02 Å². The van der Waals surface area contributed by atoms with Gasteiger partial charge in [0.05, 0.1) is 18.3 Å². The summed E-state index contributed by atoms with van der Waals surface area (Å²) in [4.78, 5) is 0. The monoisotopic (exact) mass is 318 g/mol. The third-order valence-corrected chi connectivity index (χ3v) is 4.42. The number of rotatable bonds is 3. The highest BCUT2D eigenvalue weighted by atomic mass is 35.5. The maximum absolute atomic E-state index is 12.9. The van der Waals surface area contributed by atoms with Gasteiger partial charge in [0, 0.05) is 16.0 Å². The van der Waals surface area contributed by atoms with Gasteiger partial charge in [0.2, 0.25) is 0 Å². The third-order valence-electron chi connectivity index (χ3n) is 4.09. The quantitative estimate of drug-likeness (QED) is 0.797. The smallest absolute Gasteiger partial charge is 0.497 e. The summed E-state index contributed by atoms with van der Waals surface area (Å²) < 4.78 is 42.8. The molecule has 0 unspecified atom stereocenters. The van der Waals surface area contributed by atoms with E-state index in [0.29, 0.717) is 5.46 Å². The normalized spacial score (nSPS) is 20.1. The van der Waals surface area contributed by atoms with Gasteiger partial charge in [-0.1, -0.05) is 11.6 Å². The van der Waals surface area contributed by atoms with Crippen LogP contribution in [0, 0.1) is 0 Å². The SMILES string of the molecule is COc1cc(C(F)F)c(Cl)cc1B1OC(C)(C)C(C)(C)O1. The molecule has 1 heterocycles. The van der Waals surface area contributed by atoms with Crippen molar-refractivity contribution in [1.82, 2.24) is 0 Å². The lowest BCUT2D eigenvalue weighted by molar-refractivity contribution is 0.00578. The van der Waals surface area contributed by atoms with Crippen LogP contribution in [0.25, 0.3) is 0 Å². The molecule has 116 valence electrons. The molecular formula is C14H18BClF2O3. The van der Waals surface area contributed by atoms with E-state index >= 15 is 0 Å². The molecule has 0 spiro atoms. The van der Waals surface area contributed by atoms with Gasteiger partial charge in [0.1, 0.15) is 5.75 Å². The molecule has 0 aliphatic carbocycles. The van der Waals surface area contributed by atoms with Crippen molar-refractivity contribution in [2.45, 2.75) is 45.3 Å². The van der Waals surface area contributed by atoms with Crippen LogP contribution in [0.15, 0.2) is 12.1 Å². The zero-order chi connectivity index (χ0) is 16.0.